The van der Waals surface area contributed by atoms with E-state index in [1.54, 1.807) is 31.4 Å². The molecule has 0 aliphatic carbocycles. The van der Waals surface area contributed by atoms with Crippen molar-refractivity contribution >= 4 is 23.3 Å². The predicted octanol–water partition coefficient (Wildman–Crippen LogP) is 3.69. The van der Waals surface area contributed by atoms with Gasteiger partial charge in [-0.1, -0.05) is 11.6 Å². The number of methoxy groups -OCH3 is 1. The monoisotopic (exact) mass is 338 g/mol. The van der Waals surface area contributed by atoms with E-state index in [-0.39, 0.29) is 5.02 Å². The normalized spacial score (nSPS) is 10.0. The summed E-state index contributed by atoms with van der Waals surface area (Å²) in [5.74, 6) is 0.886. The second-order valence-electron chi connectivity index (χ2n) is 4.53. The van der Waals surface area contributed by atoms with Gasteiger partial charge >= 0.3 is 6.03 Å². The van der Waals surface area contributed by atoms with Crippen LogP contribution in [0.1, 0.15) is 0 Å². The third-order valence-corrected chi connectivity index (χ3v) is 3.18. The van der Waals surface area contributed by atoms with Gasteiger partial charge in [0.15, 0.2) is 0 Å². The number of urea groups is 1. The fourth-order valence-corrected chi connectivity index (χ4v) is 1.94. The maximum atomic E-state index is 13.0. The highest BCUT2D eigenvalue weighted by Gasteiger charge is 2.04. The second-order valence-corrected chi connectivity index (χ2v) is 4.94. The van der Waals surface area contributed by atoms with Crippen molar-refractivity contribution in [2.24, 2.45) is 0 Å². The summed E-state index contributed by atoms with van der Waals surface area (Å²) in [6, 6.07) is 10.6. The highest BCUT2D eigenvalue weighted by Crippen LogP contribution is 2.19. The number of anilines is 1. The van der Waals surface area contributed by atoms with Gasteiger partial charge in [-0.3, -0.25) is 0 Å². The number of amides is 2. The van der Waals surface area contributed by atoms with Crippen molar-refractivity contribution in [3.63, 3.8) is 0 Å². The van der Waals surface area contributed by atoms with Crippen molar-refractivity contribution in [2.45, 2.75) is 0 Å². The minimum Gasteiger partial charge on any atom is -0.497 e. The molecular weight excluding hydrogens is 323 g/mol. The van der Waals surface area contributed by atoms with E-state index in [0.29, 0.717) is 24.6 Å². The molecule has 0 bridgehead atoms. The SMILES string of the molecule is COc1ccc(OCCNC(=O)Nc2ccc(F)c(Cl)c2)cc1. The van der Waals surface area contributed by atoms with E-state index in [1.807, 2.05) is 0 Å². The van der Waals surface area contributed by atoms with Crippen molar-refractivity contribution < 1.29 is 18.7 Å². The molecule has 2 rings (SSSR count). The van der Waals surface area contributed by atoms with Crippen LogP contribution in [0.5, 0.6) is 11.5 Å². The molecule has 2 aromatic rings. The molecule has 2 aromatic carbocycles. The van der Waals surface area contributed by atoms with Crippen LogP contribution >= 0.6 is 11.6 Å². The van der Waals surface area contributed by atoms with Gasteiger partial charge in [0.05, 0.1) is 18.7 Å². The highest BCUT2D eigenvalue weighted by atomic mass is 35.5. The summed E-state index contributed by atoms with van der Waals surface area (Å²) in [5.41, 5.74) is 0.407. The highest BCUT2D eigenvalue weighted by molar-refractivity contribution is 6.31. The van der Waals surface area contributed by atoms with Crippen LogP contribution in [0, 0.1) is 5.82 Å². The van der Waals surface area contributed by atoms with E-state index in [4.69, 9.17) is 21.1 Å². The van der Waals surface area contributed by atoms with E-state index in [2.05, 4.69) is 10.6 Å². The first-order chi connectivity index (χ1) is 11.1. The lowest BCUT2D eigenvalue weighted by molar-refractivity contribution is 0.247. The molecule has 0 aromatic heterocycles. The lowest BCUT2D eigenvalue weighted by Gasteiger charge is -2.10. The average molecular weight is 339 g/mol. The minimum atomic E-state index is -0.537. The predicted molar refractivity (Wildman–Crippen MR) is 86.9 cm³/mol. The fourth-order valence-electron chi connectivity index (χ4n) is 1.75. The van der Waals surface area contributed by atoms with Gasteiger partial charge in [-0.05, 0) is 42.5 Å². The minimum absolute atomic E-state index is 0.0503. The zero-order valence-corrected chi connectivity index (χ0v) is 13.2. The summed E-state index contributed by atoms with van der Waals surface area (Å²) in [6.45, 7) is 0.622. The number of ether oxygens (including phenoxy) is 2. The third-order valence-electron chi connectivity index (χ3n) is 2.89. The van der Waals surface area contributed by atoms with Crippen molar-refractivity contribution in [2.75, 3.05) is 25.6 Å². The van der Waals surface area contributed by atoms with Crippen molar-refractivity contribution in [1.29, 1.82) is 0 Å². The molecule has 0 saturated carbocycles. The number of carbonyl (C=O) groups is 1. The molecule has 2 amide bonds. The van der Waals surface area contributed by atoms with Crippen LogP contribution in [0.4, 0.5) is 14.9 Å². The van der Waals surface area contributed by atoms with Gasteiger partial charge in [-0.2, -0.15) is 0 Å². The number of benzene rings is 2. The van der Waals surface area contributed by atoms with Gasteiger partial charge < -0.3 is 20.1 Å². The first kappa shape index (κ1) is 16.9. The molecule has 0 atom stereocenters. The van der Waals surface area contributed by atoms with E-state index in [0.717, 1.165) is 5.75 Å². The van der Waals surface area contributed by atoms with Crippen LogP contribution in [0.2, 0.25) is 5.02 Å². The Morgan fingerprint density at radius 2 is 1.87 bits per heavy atom. The number of hydrogen-bond donors (Lipinski definition) is 2. The molecule has 0 spiro atoms. The van der Waals surface area contributed by atoms with Gasteiger partial charge in [0.1, 0.15) is 23.9 Å². The van der Waals surface area contributed by atoms with Crippen LogP contribution in [-0.2, 0) is 0 Å². The molecule has 122 valence electrons. The first-order valence-corrected chi connectivity index (χ1v) is 7.23. The Bertz CT molecular complexity index is 665. The molecule has 7 heteroatoms. The third kappa shape index (κ3) is 5.34. The zero-order chi connectivity index (χ0) is 16.7. The number of rotatable bonds is 6. The van der Waals surface area contributed by atoms with E-state index >= 15 is 0 Å². The number of carbonyl (C=O) groups excluding carboxylic acids is 1. The van der Waals surface area contributed by atoms with Gasteiger partial charge in [-0.15, -0.1) is 0 Å². The van der Waals surface area contributed by atoms with Crippen LogP contribution < -0.4 is 20.1 Å². The average Bonchev–Trinajstić information content (AvgIpc) is 2.55. The van der Waals surface area contributed by atoms with Crippen LogP contribution in [-0.4, -0.2) is 26.3 Å². The van der Waals surface area contributed by atoms with Gasteiger partial charge in [0, 0.05) is 5.69 Å². The van der Waals surface area contributed by atoms with Gasteiger partial charge in [-0.25, -0.2) is 9.18 Å². The van der Waals surface area contributed by atoms with Crippen LogP contribution in [0.25, 0.3) is 0 Å². The smallest absolute Gasteiger partial charge is 0.319 e. The summed E-state index contributed by atoms with van der Waals surface area (Å²) in [6.07, 6.45) is 0. The first-order valence-electron chi connectivity index (χ1n) is 6.85. The molecule has 0 radical (unpaired) electrons. The Morgan fingerprint density at radius 1 is 1.17 bits per heavy atom. The summed E-state index contributed by atoms with van der Waals surface area (Å²) < 4.78 is 23.5. The molecule has 2 N–H and O–H groups in total. The molecule has 0 heterocycles. The van der Waals surface area contributed by atoms with Crippen molar-refractivity contribution in [3.05, 3.63) is 53.3 Å². The van der Waals surface area contributed by atoms with Gasteiger partial charge in [0.2, 0.25) is 0 Å². The molecule has 23 heavy (non-hydrogen) atoms. The quantitative estimate of drug-likeness (QED) is 0.790. The molecule has 0 unspecified atom stereocenters. The lowest BCUT2D eigenvalue weighted by atomic mass is 10.3. The van der Waals surface area contributed by atoms with E-state index in [1.165, 1.54) is 18.2 Å². The number of nitrogens with one attached hydrogen (secondary N) is 2. The standard InChI is InChI=1S/C16H16ClFN2O3/c1-22-12-3-5-13(6-4-12)23-9-8-19-16(21)20-11-2-7-15(18)14(17)10-11/h2-7,10H,8-9H2,1H3,(H2,19,20,21). The Labute approximate surface area is 138 Å². The Balaban J connectivity index is 1.70. The van der Waals surface area contributed by atoms with E-state index in [9.17, 15) is 9.18 Å². The second kappa shape index (κ2) is 8.24. The van der Waals surface area contributed by atoms with Gasteiger partial charge in [0.25, 0.3) is 0 Å². The summed E-state index contributed by atoms with van der Waals surface area (Å²) in [7, 11) is 1.59. The maximum Gasteiger partial charge on any atom is 0.319 e. The number of halogens is 2. The molecular formula is C16H16ClFN2O3. The van der Waals surface area contributed by atoms with Crippen LogP contribution in [0.15, 0.2) is 42.5 Å². The maximum absolute atomic E-state index is 13.0. The number of hydrogen-bond acceptors (Lipinski definition) is 3. The molecule has 0 saturated heterocycles. The lowest BCUT2D eigenvalue weighted by Crippen LogP contribution is -2.32. The van der Waals surface area contributed by atoms with Crippen molar-refractivity contribution in [3.8, 4) is 11.5 Å². The molecule has 5 nitrogen and oxygen atoms in total. The Kier molecular flexibility index (Phi) is 6.05. The fraction of sp³-hybridized carbons (Fsp3) is 0.188. The summed E-state index contributed by atoms with van der Waals surface area (Å²) in [4.78, 5) is 11.7. The topological polar surface area (TPSA) is 59.6 Å². The Morgan fingerprint density at radius 3 is 2.52 bits per heavy atom. The largest absolute Gasteiger partial charge is 0.497 e. The summed E-state index contributed by atoms with van der Waals surface area (Å²) >= 11 is 5.64. The zero-order valence-electron chi connectivity index (χ0n) is 12.4. The molecule has 0 fully saturated rings. The Hall–Kier alpha value is -2.47. The molecule has 0 aliphatic rings. The van der Waals surface area contributed by atoms with E-state index < -0.39 is 11.8 Å². The molecule has 0 aliphatic heterocycles. The van der Waals surface area contributed by atoms with Crippen LogP contribution in [0.3, 0.4) is 0 Å². The summed E-state index contributed by atoms with van der Waals surface area (Å²) in [5, 5.41) is 5.12. The van der Waals surface area contributed by atoms with Crippen molar-refractivity contribution in [1.82, 2.24) is 5.32 Å².